The standard InChI is InChI=1S/C19H33NO3/c1-16(2)14-23-15-19(21)13-20(10-5-11-22-4)12-18-8-6-17(3)7-9-18/h6-9,16,19,21H,5,10-15H2,1-4H3/t19-/m1/s1. The number of hydrogen-bond donors (Lipinski definition) is 1. The molecule has 1 aromatic rings. The van der Waals surface area contributed by atoms with Crippen molar-refractivity contribution in [1.82, 2.24) is 4.90 Å². The van der Waals surface area contributed by atoms with Gasteiger partial charge in [-0.3, -0.25) is 4.90 Å². The van der Waals surface area contributed by atoms with Gasteiger partial charge in [-0.25, -0.2) is 0 Å². The Morgan fingerprint density at radius 2 is 1.83 bits per heavy atom. The average Bonchev–Trinajstić information content (AvgIpc) is 2.49. The van der Waals surface area contributed by atoms with E-state index in [4.69, 9.17) is 9.47 Å². The first-order valence-electron chi connectivity index (χ1n) is 8.54. The van der Waals surface area contributed by atoms with E-state index in [2.05, 4.69) is 49.9 Å². The Balaban J connectivity index is 2.48. The van der Waals surface area contributed by atoms with Gasteiger partial charge < -0.3 is 14.6 Å². The van der Waals surface area contributed by atoms with Crippen molar-refractivity contribution in [3.05, 3.63) is 35.4 Å². The Morgan fingerprint density at radius 1 is 1.13 bits per heavy atom. The maximum absolute atomic E-state index is 10.2. The summed E-state index contributed by atoms with van der Waals surface area (Å²) in [5.74, 6) is 0.493. The predicted octanol–water partition coefficient (Wildman–Crippen LogP) is 2.87. The number of aliphatic hydroxyl groups is 1. The molecule has 0 radical (unpaired) electrons. The van der Waals surface area contributed by atoms with Crippen LogP contribution in [0.3, 0.4) is 0 Å². The van der Waals surface area contributed by atoms with Gasteiger partial charge in [-0.15, -0.1) is 0 Å². The summed E-state index contributed by atoms with van der Waals surface area (Å²) in [6, 6.07) is 8.57. The SMILES string of the molecule is COCCCN(Cc1ccc(C)cc1)C[C@@H](O)COCC(C)C. The fourth-order valence-electron chi connectivity index (χ4n) is 2.41. The maximum atomic E-state index is 10.2. The number of rotatable bonds is 12. The highest BCUT2D eigenvalue weighted by atomic mass is 16.5. The first kappa shape index (κ1) is 20.1. The summed E-state index contributed by atoms with van der Waals surface area (Å²) in [4.78, 5) is 2.27. The highest BCUT2D eigenvalue weighted by molar-refractivity contribution is 5.21. The fraction of sp³-hybridized carbons (Fsp3) is 0.684. The van der Waals surface area contributed by atoms with E-state index in [9.17, 15) is 5.11 Å². The molecule has 0 saturated carbocycles. The van der Waals surface area contributed by atoms with Crippen LogP contribution in [-0.4, -0.2) is 56.1 Å². The van der Waals surface area contributed by atoms with E-state index in [1.807, 2.05) is 0 Å². The number of ether oxygens (including phenoxy) is 2. The lowest BCUT2D eigenvalue weighted by molar-refractivity contribution is 0.00581. The Labute approximate surface area is 141 Å². The zero-order valence-electron chi connectivity index (χ0n) is 15.1. The van der Waals surface area contributed by atoms with Crippen LogP contribution in [0.25, 0.3) is 0 Å². The second-order valence-corrected chi connectivity index (χ2v) is 6.65. The van der Waals surface area contributed by atoms with Gasteiger partial charge in [0.05, 0.1) is 12.7 Å². The van der Waals surface area contributed by atoms with Gasteiger partial charge in [0.2, 0.25) is 0 Å². The van der Waals surface area contributed by atoms with Gasteiger partial charge in [-0.05, 0) is 24.8 Å². The Morgan fingerprint density at radius 3 is 2.43 bits per heavy atom. The lowest BCUT2D eigenvalue weighted by Gasteiger charge is -2.25. The summed E-state index contributed by atoms with van der Waals surface area (Å²) in [7, 11) is 1.72. The third kappa shape index (κ3) is 9.72. The molecule has 4 nitrogen and oxygen atoms in total. The summed E-state index contributed by atoms with van der Waals surface area (Å²) < 4.78 is 10.7. The topological polar surface area (TPSA) is 41.9 Å². The van der Waals surface area contributed by atoms with Gasteiger partial charge in [0.1, 0.15) is 0 Å². The molecule has 0 aromatic heterocycles. The second-order valence-electron chi connectivity index (χ2n) is 6.65. The fourth-order valence-corrected chi connectivity index (χ4v) is 2.41. The average molecular weight is 323 g/mol. The minimum absolute atomic E-state index is 0.396. The number of benzene rings is 1. The van der Waals surface area contributed by atoms with Gasteiger partial charge in [0.15, 0.2) is 0 Å². The number of nitrogens with zero attached hydrogens (tertiary/aromatic N) is 1. The van der Waals surface area contributed by atoms with Crippen LogP contribution in [-0.2, 0) is 16.0 Å². The van der Waals surface area contributed by atoms with E-state index < -0.39 is 6.10 Å². The van der Waals surface area contributed by atoms with Crippen LogP contribution in [0.2, 0.25) is 0 Å². The van der Waals surface area contributed by atoms with Crippen molar-refractivity contribution in [2.24, 2.45) is 5.92 Å². The third-order valence-corrected chi connectivity index (χ3v) is 3.58. The van der Waals surface area contributed by atoms with Crippen LogP contribution in [0.4, 0.5) is 0 Å². The second kappa shape index (κ2) is 11.6. The van der Waals surface area contributed by atoms with E-state index in [0.717, 1.165) is 26.1 Å². The van der Waals surface area contributed by atoms with Crippen molar-refractivity contribution in [3.8, 4) is 0 Å². The molecular weight excluding hydrogens is 290 g/mol. The van der Waals surface area contributed by atoms with Gasteiger partial charge in [0.25, 0.3) is 0 Å². The van der Waals surface area contributed by atoms with Crippen molar-refractivity contribution in [2.45, 2.75) is 39.8 Å². The molecule has 0 aliphatic heterocycles. The zero-order chi connectivity index (χ0) is 17.1. The monoisotopic (exact) mass is 323 g/mol. The van der Waals surface area contributed by atoms with Crippen LogP contribution in [0.15, 0.2) is 24.3 Å². The number of aryl methyl sites for hydroxylation is 1. The summed E-state index contributed by atoms with van der Waals surface area (Å²) in [5.41, 5.74) is 2.53. The largest absolute Gasteiger partial charge is 0.389 e. The highest BCUT2D eigenvalue weighted by Gasteiger charge is 2.13. The molecule has 0 unspecified atom stereocenters. The summed E-state index contributed by atoms with van der Waals surface area (Å²) in [6.45, 7) is 10.5. The van der Waals surface area contributed by atoms with E-state index in [1.54, 1.807) is 7.11 Å². The normalized spacial score (nSPS) is 13.0. The van der Waals surface area contributed by atoms with E-state index in [1.165, 1.54) is 11.1 Å². The van der Waals surface area contributed by atoms with Gasteiger partial charge in [0, 0.05) is 40.0 Å². The third-order valence-electron chi connectivity index (χ3n) is 3.58. The van der Waals surface area contributed by atoms with E-state index in [-0.39, 0.29) is 0 Å². The smallest absolute Gasteiger partial charge is 0.0900 e. The molecule has 0 aliphatic rings. The van der Waals surface area contributed by atoms with Crippen molar-refractivity contribution in [1.29, 1.82) is 0 Å². The molecule has 0 aliphatic carbocycles. The molecule has 23 heavy (non-hydrogen) atoms. The molecule has 1 atom stereocenters. The number of hydrogen-bond acceptors (Lipinski definition) is 4. The lowest BCUT2D eigenvalue weighted by Crippen LogP contribution is -2.35. The number of aliphatic hydroxyl groups excluding tert-OH is 1. The van der Waals surface area contributed by atoms with Crippen LogP contribution in [0.1, 0.15) is 31.4 Å². The van der Waals surface area contributed by atoms with Gasteiger partial charge >= 0.3 is 0 Å². The molecule has 0 amide bonds. The minimum Gasteiger partial charge on any atom is -0.389 e. The number of methoxy groups -OCH3 is 1. The quantitative estimate of drug-likeness (QED) is 0.601. The first-order valence-corrected chi connectivity index (χ1v) is 8.54. The van der Waals surface area contributed by atoms with Crippen molar-refractivity contribution in [2.75, 3.05) is 40.0 Å². The summed E-state index contributed by atoms with van der Waals surface area (Å²) >= 11 is 0. The molecule has 1 N–H and O–H groups in total. The molecule has 4 heteroatoms. The molecule has 132 valence electrons. The van der Waals surface area contributed by atoms with Gasteiger partial charge in [-0.2, -0.15) is 0 Å². The van der Waals surface area contributed by atoms with Crippen LogP contribution in [0.5, 0.6) is 0 Å². The molecule has 0 heterocycles. The minimum atomic E-state index is -0.457. The van der Waals surface area contributed by atoms with Crippen molar-refractivity contribution < 1.29 is 14.6 Å². The molecule has 0 saturated heterocycles. The Kier molecular flexibility index (Phi) is 10.1. The molecule has 0 spiro atoms. The van der Waals surface area contributed by atoms with E-state index in [0.29, 0.717) is 25.7 Å². The van der Waals surface area contributed by atoms with Crippen molar-refractivity contribution >= 4 is 0 Å². The molecule has 1 rings (SSSR count). The zero-order valence-corrected chi connectivity index (χ0v) is 15.1. The van der Waals surface area contributed by atoms with Crippen molar-refractivity contribution in [3.63, 3.8) is 0 Å². The molecular formula is C19H33NO3. The van der Waals surface area contributed by atoms with E-state index >= 15 is 0 Å². The van der Waals surface area contributed by atoms with Crippen LogP contribution >= 0.6 is 0 Å². The molecule has 0 fully saturated rings. The first-order chi connectivity index (χ1) is 11.0. The Hall–Kier alpha value is -0.940. The Bertz CT molecular complexity index is 406. The summed E-state index contributed by atoms with van der Waals surface area (Å²) in [5, 5.41) is 10.2. The van der Waals surface area contributed by atoms with Crippen LogP contribution < -0.4 is 0 Å². The highest BCUT2D eigenvalue weighted by Crippen LogP contribution is 2.09. The molecule has 1 aromatic carbocycles. The summed E-state index contributed by atoms with van der Waals surface area (Å²) in [6.07, 6.45) is 0.504. The molecule has 0 bridgehead atoms. The lowest BCUT2D eigenvalue weighted by atomic mass is 10.1. The maximum Gasteiger partial charge on any atom is 0.0900 e. The predicted molar refractivity (Wildman–Crippen MR) is 94.6 cm³/mol. The van der Waals surface area contributed by atoms with Gasteiger partial charge in [-0.1, -0.05) is 43.7 Å². The van der Waals surface area contributed by atoms with Crippen LogP contribution in [0, 0.1) is 12.8 Å².